The summed E-state index contributed by atoms with van der Waals surface area (Å²) in [6, 6.07) is 0. The predicted octanol–water partition coefficient (Wildman–Crippen LogP) is 11.6. The van der Waals surface area contributed by atoms with Crippen molar-refractivity contribution in [3.8, 4) is 0 Å². The first-order valence-electron chi connectivity index (χ1n) is 22.3. The highest BCUT2D eigenvalue weighted by atomic mass is 31.2. The molecule has 0 spiro atoms. The Morgan fingerprint density at radius 1 is 0.492 bits per heavy atom. The molecule has 13 nitrogen and oxygen atoms in total. The number of aliphatic hydroxyl groups excluding tert-OH is 1. The first-order chi connectivity index (χ1) is 29.4. The van der Waals surface area contributed by atoms with Crippen LogP contribution < -0.4 is 0 Å². The van der Waals surface area contributed by atoms with E-state index in [0.717, 1.165) is 64.2 Å². The van der Waals surface area contributed by atoms with Gasteiger partial charge in [0.05, 0.1) is 19.8 Å². The van der Waals surface area contributed by atoms with Gasteiger partial charge in [-0.15, -0.1) is 0 Å². The topological polar surface area (TPSA) is 195 Å². The van der Waals surface area contributed by atoms with Crippen molar-refractivity contribution in [2.24, 2.45) is 0 Å². The zero-order valence-electron chi connectivity index (χ0n) is 37.0. The molecule has 0 aliphatic heterocycles. The summed E-state index contributed by atoms with van der Waals surface area (Å²) in [7, 11) is -9.71. The van der Waals surface area contributed by atoms with Gasteiger partial charge < -0.3 is 29.3 Å². The largest absolute Gasteiger partial charge is 0.472 e. The highest BCUT2D eigenvalue weighted by Crippen LogP contribution is 2.43. The van der Waals surface area contributed by atoms with E-state index in [9.17, 15) is 28.7 Å². The molecule has 0 aromatic carbocycles. The number of unbranched alkanes of at least 4 members (excludes halogenated alkanes) is 11. The fraction of sp³-hybridized carbons (Fsp3) is 0.652. The van der Waals surface area contributed by atoms with Crippen molar-refractivity contribution in [1.29, 1.82) is 0 Å². The second-order valence-corrected chi connectivity index (χ2v) is 17.3. The van der Waals surface area contributed by atoms with E-state index in [-0.39, 0.29) is 12.8 Å². The molecule has 0 bridgehead atoms. The van der Waals surface area contributed by atoms with Crippen molar-refractivity contribution in [2.75, 3.05) is 26.4 Å². The van der Waals surface area contributed by atoms with Gasteiger partial charge >= 0.3 is 27.6 Å². The first-order valence-corrected chi connectivity index (χ1v) is 25.3. The van der Waals surface area contributed by atoms with Gasteiger partial charge in [0, 0.05) is 12.8 Å². The van der Waals surface area contributed by atoms with Crippen LogP contribution in [0.2, 0.25) is 0 Å². The Balaban J connectivity index is 4.65. The Morgan fingerprint density at radius 3 is 1.46 bits per heavy atom. The maximum Gasteiger partial charge on any atom is 0.472 e. The average molecular weight is 901 g/mol. The van der Waals surface area contributed by atoms with Gasteiger partial charge in [-0.05, 0) is 77.0 Å². The molecule has 0 aliphatic rings. The van der Waals surface area contributed by atoms with E-state index in [1.54, 1.807) is 0 Å². The predicted molar refractivity (Wildman–Crippen MR) is 243 cm³/mol. The average Bonchev–Trinajstić information content (AvgIpc) is 3.22. The van der Waals surface area contributed by atoms with Gasteiger partial charge in [-0.2, -0.15) is 0 Å². The number of phosphoric acid groups is 2. The van der Waals surface area contributed by atoms with Crippen LogP contribution in [0, 0.1) is 0 Å². The number of carbonyl (C=O) groups is 2. The summed E-state index contributed by atoms with van der Waals surface area (Å²) in [5.41, 5.74) is 0. The van der Waals surface area contributed by atoms with E-state index < -0.39 is 66.2 Å². The van der Waals surface area contributed by atoms with Crippen LogP contribution >= 0.6 is 15.6 Å². The lowest BCUT2D eigenvalue weighted by molar-refractivity contribution is -0.161. The molecule has 4 N–H and O–H groups in total. The highest BCUT2D eigenvalue weighted by Gasteiger charge is 2.28. The van der Waals surface area contributed by atoms with E-state index in [4.69, 9.17) is 23.8 Å². The summed E-state index contributed by atoms with van der Waals surface area (Å²) < 4.78 is 47.7. The third-order valence-corrected chi connectivity index (χ3v) is 10.2. The van der Waals surface area contributed by atoms with Crippen molar-refractivity contribution >= 4 is 27.6 Å². The SMILES string of the molecule is CCC=CCC=CCC=CCC=CCC=CCC=CCCC(=O)OC(COC(=O)CCCCCCCCCC=CCCCCCC)COP(=O)(O)OCC(O)COP(=O)(O)O. The number of esters is 2. The van der Waals surface area contributed by atoms with Crippen molar-refractivity contribution in [3.05, 3.63) is 85.1 Å². The quantitative estimate of drug-likeness (QED) is 0.0196. The summed E-state index contributed by atoms with van der Waals surface area (Å²) in [4.78, 5) is 52.7. The van der Waals surface area contributed by atoms with Gasteiger partial charge in [-0.1, -0.05) is 150 Å². The molecule has 0 saturated heterocycles. The minimum Gasteiger partial charge on any atom is -0.462 e. The van der Waals surface area contributed by atoms with Crippen molar-refractivity contribution in [2.45, 2.75) is 167 Å². The van der Waals surface area contributed by atoms with E-state index in [1.807, 2.05) is 18.2 Å². The summed E-state index contributed by atoms with van der Waals surface area (Å²) in [6.45, 7) is 1.54. The lowest BCUT2D eigenvalue weighted by Crippen LogP contribution is -2.29. The zero-order chi connectivity index (χ0) is 45.1. The molecule has 0 fully saturated rings. The van der Waals surface area contributed by atoms with Crippen molar-refractivity contribution in [1.82, 2.24) is 0 Å². The second kappa shape index (κ2) is 41.3. The molecule has 0 rings (SSSR count). The Bertz CT molecular complexity index is 1400. The number of hydrogen-bond acceptors (Lipinski definition) is 10. The van der Waals surface area contributed by atoms with Gasteiger partial charge in [0.25, 0.3) is 0 Å². The number of aliphatic hydroxyl groups is 1. The molecular weight excluding hydrogens is 822 g/mol. The van der Waals surface area contributed by atoms with E-state index in [0.29, 0.717) is 19.3 Å². The first kappa shape index (κ1) is 58.3. The van der Waals surface area contributed by atoms with Crippen molar-refractivity contribution < 1.29 is 61.6 Å². The van der Waals surface area contributed by atoms with Gasteiger partial charge in [-0.3, -0.25) is 23.2 Å². The van der Waals surface area contributed by atoms with Gasteiger partial charge in [0.2, 0.25) is 0 Å². The van der Waals surface area contributed by atoms with E-state index >= 15 is 0 Å². The Labute approximate surface area is 367 Å². The minimum atomic E-state index is -4.87. The van der Waals surface area contributed by atoms with E-state index in [1.165, 1.54) is 44.9 Å². The summed E-state index contributed by atoms with van der Waals surface area (Å²) >= 11 is 0. The fourth-order valence-corrected chi connectivity index (χ4v) is 6.58. The molecule has 0 saturated carbocycles. The molecule has 61 heavy (non-hydrogen) atoms. The van der Waals surface area contributed by atoms with Crippen LogP contribution in [0.1, 0.15) is 155 Å². The molecule has 15 heteroatoms. The van der Waals surface area contributed by atoms with Crippen LogP contribution in [0.4, 0.5) is 0 Å². The lowest BCUT2D eigenvalue weighted by atomic mass is 10.1. The van der Waals surface area contributed by atoms with Gasteiger partial charge in [0.1, 0.15) is 12.7 Å². The molecule has 350 valence electrons. The number of allylic oxidation sites excluding steroid dienone is 14. The smallest absolute Gasteiger partial charge is 0.462 e. The summed E-state index contributed by atoms with van der Waals surface area (Å²) in [6.07, 6.45) is 47.3. The number of ether oxygens (including phenoxy) is 2. The maximum absolute atomic E-state index is 12.6. The third kappa shape index (κ3) is 45.1. The Kier molecular flexibility index (Phi) is 39.5. The van der Waals surface area contributed by atoms with Crippen LogP contribution in [0.25, 0.3) is 0 Å². The molecule has 0 aliphatic carbocycles. The number of phosphoric ester groups is 2. The monoisotopic (exact) mass is 900 g/mol. The molecule has 3 atom stereocenters. The van der Waals surface area contributed by atoms with Crippen LogP contribution in [-0.2, 0) is 41.8 Å². The van der Waals surface area contributed by atoms with Crippen LogP contribution in [0.5, 0.6) is 0 Å². The highest BCUT2D eigenvalue weighted by molar-refractivity contribution is 7.47. The number of hydrogen-bond donors (Lipinski definition) is 4. The maximum atomic E-state index is 12.6. The Hall–Kier alpha value is -2.70. The molecular formula is C46H78O13P2. The van der Waals surface area contributed by atoms with Crippen molar-refractivity contribution in [3.63, 3.8) is 0 Å². The van der Waals surface area contributed by atoms with Crippen LogP contribution in [0.3, 0.4) is 0 Å². The normalized spacial score (nSPS) is 14.8. The summed E-state index contributed by atoms with van der Waals surface area (Å²) in [5.74, 6) is -1.14. The summed E-state index contributed by atoms with van der Waals surface area (Å²) in [5, 5.41) is 9.75. The molecule has 0 aromatic heterocycles. The minimum absolute atomic E-state index is 0.00148. The Morgan fingerprint density at radius 2 is 0.934 bits per heavy atom. The molecule has 3 unspecified atom stereocenters. The second-order valence-electron chi connectivity index (χ2n) is 14.6. The molecule has 0 radical (unpaired) electrons. The third-order valence-electron chi connectivity index (χ3n) is 8.77. The van der Waals surface area contributed by atoms with E-state index in [2.05, 4.69) is 89.7 Å². The van der Waals surface area contributed by atoms with Crippen LogP contribution in [-0.4, -0.2) is 70.4 Å². The number of rotatable bonds is 41. The fourth-order valence-electron chi connectivity index (χ4n) is 5.43. The lowest BCUT2D eigenvalue weighted by Gasteiger charge is -2.20. The zero-order valence-corrected chi connectivity index (χ0v) is 38.8. The van der Waals surface area contributed by atoms with Gasteiger partial charge in [0.15, 0.2) is 6.10 Å². The molecule has 0 aromatic rings. The van der Waals surface area contributed by atoms with Gasteiger partial charge in [-0.25, -0.2) is 9.13 Å². The molecule has 0 amide bonds. The standard InChI is InChI=1S/C46H78O13P2/c1-3-5-7-9-11-13-15-17-19-20-21-22-24-26-28-30-32-34-36-38-46(49)59-44(42-58-61(53,54)57-40-43(47)39-56-60(50,51)52)41-55-45(48)37-35-33-31-29-27-25-23-18-16-14-12-10-8-6-4-2/h5,7,11,13-14,16-17,19,21-22,26,28,32,34,43-44,47H,3-4,6,8-10,12,15,18,20,23-25,27,29-31,33,35-42H2,1-2H3,(H,53,54)(H2,50,51,52). The number of carbonyl (C=O) groups excluding carboxylic acids is 2. The van der Waals surface area contributed by atoms with Crippen LogP contribution in [0.15, 0.2) is 85.1 Å². The molecule has 0 heterocycles.